The molecule has 7 nitrogen and oxygen atoms in total. The van der Waals surface area contributed by atoms with Gasteiger partial charge in [-0.3, -0.25) is 14.7 Å². The number of guanidine groups is 1. The van der Waals surface area contributed by atoms with E-state index in [0.717, 1.165) is 0 Å². The Morgan fingerprint density at radius 3 is 2.55 bits per heavy atom. The summed E-state index contributed by atoms with van der Waals surface area (Å²) in [7, 11) is 1.73. The molecule has 1 saturated heterocycles. The van der Waals surface area contributed by atoms with Crippen LogP contribution in [0.3, 0.4) is 0 Å². The molecular weight excluding hydrogens is 505 g/mol. The Bertz CT molecular complexity index is 964. The highest BCUT2D eigenvalue weighted by molar-refractivity contribution is 14.0. The highest BCUT2D eigenvalue weighted by Gasteiger charge is 2.45. The smallest absolute Gasteiger partial charge is 0.325 e. The number of fused-ring (bicyclic) bond motifs is 1. The van der Waals surface area contributed by atoms with Crippen LogP contribution in [0.25, 0.3) is 10.8 Å². The molecule has 3 rings (SSSR count). The van der Waals surface area contributed by atoms with Crippen molar-refractivity contribution in [2.45, 2.75) is 45.2 Å². The summed E-state index contributed by atoms with van der Waals surface area (Å²) in [6.07, 6.45) is 1.22. The lowest BCUT2D eigenvalue weighted by Crippen LogP contribution is -2.43. The third-order valence-corrected chi connectivity index (χ3v) is 5.75. The molecule has 2 aromatic rings. The Kier molecular flexibility index (Phi) is 8.67. The summed E-state index contributed by atoms with van der Waals surface area (Å²) in [6, 6.07) is 14.5. The molecule has 0 saturated carbocycles. The summed E-state index contributed by atoms with van der Waals surface area (Å²) in [5, 5.41) is 11.9. The molecule has 1 fully saturated rings. The summed E-state index contributed by atoms with van der Waals surface area (Å²) in [5.74, 6) is 0.536. The normalized spacial score (nSPS) is 19.7. The molecule has 1 aliphatic rings. The van der Waals surface area contributed by atoms with Crippen molar-refractivity contribution in [2.24, 2.45) is 4.99 Å². The maximum Gasteiger partial charge on any atom is 0.325 e. The second-order valence-electron chi connectivity index (χ2n) is 7.90. The number of carbonyl (C=O) groups is 2. The van der Waals surface area contributed by atoms with Crippen LogP contribution in [0.5, 0.6) is 0 Å². The molecule has 31 heavy (non-hydrogen) atoms. The van der Waals surface area contributed by atoms with Crippen LogP contribution in [-0.4, -0.2) is 48.5 Å². The van der Waals surface area contributed by atoms with Crippen molar-refractivity contribution in [1.29, 1.82) is 0 Å². The fourth-order valence-corrected chi connectivity index (χ4v) is 3.59. The van der Waals surface area contributed by atoms with Gasteiger partial charge in [0.15, 0.2) is 5.96 Å². The molecule has 0 radical (unpaired) electrons. The molecule has 2 aromatic carbocycles. The second kappa shape index (κ2) is 10.8. The minimum Gasteiger partial charge on any atom is -0.356 e. The zero-order valence-corrected chi connectivity index (χ0v) is 20.9. The van der Waals surface area contributed by atoms with Crippen LogP contribution in [0.4, 0.5) is 4.79 Å². The van der Waals surface area contributed by atoms with Crippen molar-refractivity contribution in [3.8, 4) is 0 Å². The molecule has 8 heteroatoms. The van der Waals surface area contributed by atoms with E-state index in [1.54, 1.807) is 14.0 Å². The van der Waals surface area contributed by atoms with Gasteiger partial charge in [-0.1, -0.05) is 43.3 Å². The van der Waals surface area contributed by atoms with Crippen molar-refractivity contribution < 1.29 is 9.59 Å². The van der Waals surface area contributed by atoms with E-state index in [2.05, 4.69) is 58.2 Å². The van der Waals surface area contributed by atoms with E-state index in [1.807, 2.05) is 19.1 Å². The SMILES string of the molecule is CCC1(C)NC(=O)N(CCCNC(=NC)NC(C)c2ccc3ccccc3c2)C1=O.I. The Labute approximate surface area is 201 Å². The number of hydrogen-bond donors (Lipinski definition) is 3. The third-order valence-electron chi connectivity index (χ3n) is 5.75. The Hall–Kier alpha value is -2.36. The van der Waals surface area contributed by atoms with Crippen molar-refractivity contribution in [2.75, 3.05) is 20.1 Å². The van der Waals surface area contributed by atoms with Gasteiger partial charge in [-0.05, 0) is 49.1 Å². The number of carbonyl (C=O) groups excluding carboxylic acids is 2. The van der Waals surface area contributed by atoms with Crippen molar-refractivity contribution in [3.63, 3.8) is 0 Å². The van der Waals surface area contributed by atoms with E-state index < -0.39 is 5.54 Å². The van der Waals surface area contributed by atoms with Gasteiger partial charge in [0.25, 0.3) is 5.91 Å². The first-order chi connectivity index (χ1) is 14.4. The zero-order chi connectivity index (χ0) is 21.7. The maximum absolute atomic E-state index is 12.4. The number of halogens is 1. The molecule has 3 amide bonds. The average Bonchev–Trinajstić information content (AvgIpc) is 2.98. The summed E-state index contributed by atoms with van der Waals surface area (Å²) >= 11 is 0. The molecule has 3 N–H and O–H groups in total. The summed E-state index contributed by atoms with van der Waals surface area (Å²) in [4.78, 5) is 30.1. The Morgan fingerprint density at radius 1 is 1.19 bits per heavy atom. The highest BCUT2D eigenvalue weighted by atomic mass is 127. The molecule has 2 atom stereocenters. The number of imide groups is 1. The summed E-state index contributed by atoms with van der Waals surface area (Å²) < 4.78 is 0. The van der Waals surface area contributed by atoms with E-state index in [-0.39, 0.29) is 42.0 Å². The van der Waals surface area contributed by atoms with Gasteiger partial charge >= 0.3 is 6.03 Å². The fourth-order valence-electron chi connectivity index (χ4n) is 3.59. The number of benzene rings is 2. The van der Waals surface area contributed by atoms with Gasteiger partial charge in [0.05, 0.1) is 6.04 Å². The quantitative estimate of drug-likeness (QED) is 0.165. The van der Waals surface area contributed by atoms with Gasteiger partial charge in [-0.15, -0.1) is 24.0 Å². The predicted octanol–water partition coefficient (Wildman–Crippen LogP) is 3.79. The van der Waals surface area contributed by atoms with E-state index in [9.17, 15) is 9.59 Å². The zero-order valence-electron chi connectivity index (χ0n) is 18.6. The average molecular weight is 537 g/mol. The standard InChI is InChI=1S/C23H31N5O2.HI/c1-5-23(3)20(29)28(22(30)27-23)14-8-13-25-21(24-4)26-16(2)18-12-11-17-9-6-7-10-19(17)15-18;/h6-7,9-12,15-16H,5,8,13-14H2,1-4H3,(H,27,30)(H2,24,25,26);1H. The largest absolute Gasteiger partial charge is 0.356 e. The molecule has 0 bridgehead atoms. The number of nitrogens with one attached hydrogen (secondary N) is 3. The third kappa shape index (κ3) is 5.66. The number of aliphatic imine (C=N–C) groups is 1. The number of amides is 3. The van der Waals surface area contributed by atoms with Gasteiger partial charge < -0.3 is 16.0 Å². The number of rotatable bonds is 7. The molecule has 0 spiro atoms. The van der Waals surface area contributed by atoms with Crippen molar-refractivity contribution >= 4 is 52.6 Å². The Balaban J connectivity index is 0.00000341. The van der Waals surface area contributed by atoms with Gasteiger partial charge in [-0.25, -0.2) is 4.79 Å². The first kappa shape index (κ1) is 24.9. The van der Waals surface area contributed by atoms with Crippen LogP contribution in [0.15, 0.2) is 47.5 Å². The van der Waals surface area contributed by atoms with E-state index in [4.69, 9.17) is 0 Å². The van der Waals surface area contributed by atoms with Crippen LogP contribution in [-0.2, 0) is 4.79 Å². The first-order valence-electron chi connectivity index (χ1n) is 10.5. The van der Waals surface area contributed by atoms with Crippen LogP contribution < -0.4 is 16.0 Å². The van der Waals surface area contributed by atoms with Crippen molar-refractivity contribution in [1.82, 2.24) is 20.9 Å². The topological polar surface area (TPSA) is 85.8 Å². The van der Waals surface area contributed by atoms with Crippen LogP contribution >= 0.6 is 24.0 Å². The van der Waals surface area contributed by atoms with E-state index in [1.165, 1.54) is 21.2 Å². The molecular formula is C23H32IN5O2. The molecule has 2 unspecified atom stereocenters. The maximum atomic E-state index is 12.4. The monoisotopic (exact) mass is 537 g/mol. The second-order valence-corrected chi connectivity index (χ2v) is 7.90. The Morgan fingerprint density at radius 2 is 1.90 bits per heavy atom. The molecule has 168 valence electrons. The summed E-state index contributed by atoms with van der Waals surface area (Å²) in [5.41, 5.74) is 0.395. The lowest BCUT2D eigenvalue weighted by atomic mass is 9.99. The number of urea groups is 1. The molecule has 1 heterocycles. The highest BCUT2D eigenvalue weighted by Crippen LogP contribution is 2.21. The molecule has 0 aromatic heterocycles. The van der Waals surface area contributed by atoms with Crippen LogP contribution in [0.1, 0.15) is 45.2 Å². The van der Waals surface area contributed by atoms with Gasteiger partial charge in [0, 0.05) is 20.1 Å². The van der Waals surface area contributed by atoms with Crippen molar-refractivity contribution in [3.05, 3.63) is 48.0 Å². The van der Waals surface area contributed by atoms with E-state index in [0.29, 0.717) is 31.9 Å². The van der Waals surface area contributed by atoms with Gasteiger partial charge in [0.2, 0.25) is 0 Å². The first-order valence-corrected chi connectivity index (χ1v) is 10.5. The molecule has 0 aliphatic carbocycles. The fraction of sp³-hybridized carbons (Fsp3) is 0.435. The van der Waals surface area contributed by atoms with Crippen LogP contribution in [0.2, 0.25) is 0 Å². The summed E-state index contributed by atoms with van der Waals surface area (Å²) in [6.45, 7) is 6.74. The minimum atomic E-state index is -0.780. The van der Waals surface area contributed by atoms with E-state index >= 15 is 0 Å². The van der Waals surface area contributed by atoms with Gasteiger partial charge in [-0.2, -0.15) is 0 Å². The predicted molar refractivity (Wildman–Crippen MR) is 136 cm³/mol. The minimum absolute atomic E-state index is 0. The lowest BCUT2D eigenvalue weighted by Gasteiger charge is -2.20. The lowest BCUT2D eigenvalue weighted by molar-refractivity contribution is -0.130. The number of nitrogens with zero attached hydrogens (tertiary/aromatic N) is 2. The van der Waals surface area contributed by atoms with Crippen LogP contribution in [0, 0.1) is 0 Å². The number of hydrogen-bond acceptors (Lipinski definition) is 3. The molecule has 1 aliphatic heterocycles. The van der Waals surface area contributed by atoms with Gasteiger partial charge in [0.1, 0.15) is 5.54 Å².